The maximum Gasteiger partial charge on any atom is 0.290 e. The number of aromatic hydroxyl groups is 2. The predicted molar refractivity (Wildman–Crippen MR) is 71.4 cm³/mol. The van der Waals surface area contributed by atoms with E-state index in [4.69, 9.17) is 4.74 Å². The van der Waals surface area contributed by atoms with Gasteiger partial charge < -0.3 is 19.9 Å². The third kappa shape index (κ3) is 1.46. The summed E-state index contributed by atoms with van der Waals surface area (Å²) in [6, 6.07) is 6.64. The van der Waals surface area contributed by atoms with Crippen LogP contribution in [0.15, 0.2) is 29.1 Å². The molecule has 0 spiro atoms. The first-order valence-electron chi connectivity index (χ1n) is 6.54. The molecule has 2 aromatic rings. The molecule has 5 heteroatoms. The molecular formula is C15H13NO4. The number of H-pyrrole nitrogens is 1. The van der Waals surface area contributed by atoms with E-state index in [1.807, 2.05) is 6.07 Å². The number of hydrogen-bond acceptors (Lipinski definition) is 4. The Balaban J connectivity index is 1.92. The Morgan fingerprint density at radius 3 is 2.90 bits per heavy atom. The summed E-state index contributed by atoms with van der Waals surface area (Å²) < 4.78 is 5.70. The number of fused-ring (bicyclic) bond motifs is 5. The first-order chi connectivity index (χ1) is 9.63. The van der Waals surface area contributed by atoms with Gasteiger partial charge in [-0.05, 0) is 24.1 Å². The van der Waals surface area contributed by atoms with E-state index < -0.39 is 5.56 Å². The largest absolute Gasteiger partial charge is 0.508 e. The molecule has 1 aromatic heterocycles. The lowest BCUT2D eigenvalue weighted by Gasteiger charge is -2.29. The highest BCUT2D eigenvalue weighted by Crippen LogP contribution is 2.48. The molecule has 5 nitrogen and oxygen atoms in total. The number of hydrogen-bond donors (Lipinski definition) is 3. The number of rotatable bonds is 0. The molecule has 1 aromatic carbocycles. The van der Waals surface area contributed by atoms with Crippen LogP contribution in [0.1, 0.15) is 22.7 Å². The summed E-state index contributed by atoms with van der Waals surface area (Å²) >= 11 is 0. The van der Waals surface area contributed by atoms with Gasteiger partial charge in [0.15, 0.2) is 5.75 Å². The molecule has 102 valence electrons. The molecule has 2 heterocycles. The third-order valence-electron chi connectivity index (χ3n) is 4.20. The van der Waals surface area contributed by atoms with Crippen molar-refractivity contribution in [3.05, 3.63) is 51.4 Å². The van der Waals surface area contributed by atoms with Gasteiger partial charge in [0.25, 0.3) is 5.56 Å². The van der Waals surface area contributed by atoms with E-state index in [2.05, 4.69) is 4.98 Å². The fraction of sp³-hybridized carbons (Fsp3) is 0.267. The van der Waals surface area contributed by atoms with Crippen LogP contribution in [-0.2, 0) is 6.42 Å². The van der Waals surface area contributed by atoms with Crippen molar-refractivity contribution in [3.63, 3.8) is 0 Å². The second-order valence-electron chi connectivity index (χ2n) is 5.39. The second-order valence-corrected chi connectivity index (χ2v) is 5.39. The van der Waals surface area contributed by atoms with Gasteiger partial charge >= 0.3 is 0 Å². The van der Waals surface area contributed by atoms with Gasteiger partial charge in [-0.25, -0.2) is 0 Å². The summed E-state index contributed by atoms with van der Waals surface area (Å²) in [4.78, 5) is 14.2. The standard InChI is InChI=1S/C15H13NO4/c17-8-1-2-9-13(4-8)20-6-7-3-11-10(14(7)9)5-12(18)15(19)16-11/h1-2,4-5,7,14,17-18H,3,6H2,(H,16,19)/t7?,14-/m0/s1. The van der Waals surface area contributed by atoms with Gasteiger partial charge in [-0.3, -0.25) is 4.79 Å². The number of aromatic nitrogens is 1. The molecule has 4 rings (SSSR count). The fourth-order valence-electron chi connectivity index (χ4n) is 3.33. The number of ether oxygens (including phenoxy) is 1. The van der Waals surface area contributed by atoms with Crippen LogP contribution >= 0.6 is 0 Å². The van der Waals surface area contributed by atoms with Crippen LogP contribution in [0.5, 0.6) is 17.2 Å². The van der Waals surface area contributed by atoms with Crippen molar-refractivity contribution >= 4 is 0 Å². The molecule has 1 aliphatic heterocycles. The zero-order valence-corrected chi connectivity index (χ0v) is 10.6. The molecule has 1 unspecified atom stereocenters. The summed E-state index contributed by atoms with van der Waals surface area (Å²) in [7, 11) is 0. The zero-order chi connectivity index (χ0) is 13.9. The van der Waals surface area contributed by atoms with Crippen molar-refractivity contribution in [3.8, 4) is 17.2 Å². The lowest BCUT2D eigenvalue weighted by molar-refractivity contribution is 0.214. The van der Waals surface area contributed by atoms with Crippen molar-refractivity contribution < 1.29 is 14.9 Å². The number of aromatic amines is 1. The Morgan fingerprint density at radius 1 is 1.20 bits per heavy atom. The quantitative estimate of drug-likeness (QED) is 0.678. The number of phenolic OH excluding ortho intramolecular Hbond substituents is 1. The van der Waals surface area contributed by atoms with Gasteiger partial charge in [0.1, 0.15) is 11.5 Å². The summed E-state index contributed by atoms with van der Waals surface area (Å²) in [5.74, 6) is 0.933. The number of benzene rings is 1. The predicted octanol–water partition coefficient (Wildman–Crippen LogP) is 1.48. The van der Waals surface area contributed by atoms with Crippen molar-refractivity contribution in [1.82, 2.24) is 4.98 Å². The van der Waals surface area contributed by atoms with Gasteiger partial charge in [-0.2, -0.15) is 0 Å². The molecule has 0 saturated carbocycles. The molecule has 0 saturated heterocycles. The fourth-order valence-corrected chi connectivity index (χ4v) is 3.33. The minimum atomic E-state index is -0.450. The van der Waals surface area contributed by atoms with E-state index in [-0.39, 0.29) is 23.3 Å². The Bertz CT molecular complexity index is 765. The molecule has 1 aliphatic carbocycles. The van der Waals surface area contributed by atoms with E-state index >= 15 is 0 Å². The number of nitrogens with one attached hydrogen (secondary N) is 1. The Kier molecular flexibility index (Phi) is 2.16. The van der Waals surface area contributed by atoms with Gasteiger partial charge in [-0.15, -0.1) is 0 Å². The van der Waals surface area contributed by atoms with Crippen LogP contribution in [0.2, 0.25) is 0 Å². The van der Waals surface area contributed by atoms with Crippen LogP contribution < -0.4 is 10.3 Å². The van der Waals surface area contributed by atoms with Crippen LogP contribution in [0.4, 0.5) is 0 Å². The highest BCUT2D eigenvalue weighted by molar-refractivity contribution is 5.51. The maximum atomic E-state index is 11.5. The highest BCUT2D eigenvalue weighted by atomic mass is 16.5. The average molecular weight is 271 g/mol. The highest BCUT2D eigenvalue weighted by Gasteiger charge is 2.39. The minimum absolute atomic E-state index is 0.0945. The summed E-state index contributed by atoms with van der Waals surface area (Å²) in [5, 5.41) is 19.2. The number of phenols is 1. The van der Waals surface area contributed by atoms with Crippen LogP contribution in [0.25, 0.3) is 0 Å². The van der Waals surface area contributed by atoms with Crippen LogP contribution in [0, 0.1) is 5.92 Å². The van der Waals surface area contributed by atoms with Crippen molar-refractivity contribution in [2.45, 2.75) is 12.3 Å². The monoisotopic (exact) mass is 271 g/mol. The average Bonchev–Trinajstić information content (AvgIpc) is 2.77. The molecule has 2 aliphatic rings. The Labute approximate surface area is 114 Å². The summed E-state index contributed by atoms with van der Waals surface area (Å²) in [6.07, 6.45) is 0.732. The Morgan fingerprint density at radius 2 is 2.05 bits per heavy atom. The zero-order valence-electron chi connectivity index (χ0n) is 10.6. The normalized spacial score (nSPS) is 22.6. The second kappa shape index (κ2) is 3.79. The molecule has 2 atom stereocenters. The van der Waals surface area contributed by atoms with Gasteiger partial charge in [0.05, 0.1) is 6.61 Å². The number of pyridine rings is 1. The molecule has 0 radical (unpaired) electrons. The maximum absolute atomic E-state index is 11.5. The van der Waals surface area contributed by atoms with E-state index in [1.165, 1.54) is 0 Å². The molecule has 0 bridgehead atoms. The summed E-state index contributed by atoms with van der Waals surface area (Å²) in [6.45, 7) is 0.540. The SMILES string of the molecule is O=c1[nH]c2c(cc1O)[C@@H]1c3ccc(O)cc3OCC1C2. The molecule has 20 heavy (non-hydrogen) atoms. The lowest BCUT2D eigenvalue weighted by Crippen LogP contribution is -2.23. The molecule has 0 fully saturated rings. The van der Waals surface area contributed by atoms with Gasteiger partial charge in [0, 0.05) is 29.2 Å². The molecular weight excluding hydrogens is 258 g/mol. The third-order valence-corrected chi connectivity index (χ3v) is 4.20. The smallest absolute Gasteiger partial charge is 0.290 e. The van der Waals surface area contributed by atoms with Crippen LogP contribution in [0.3, 0.4) is 0 Å². The molecule has 3 N–H and O–H groups in total. The van der Waals surface area contributed by atoms with Crippen molar-refractivity contribution in [1.29, 1.82) is 0 Å². The summed E-state index contributed by atoms with van der Waals surface area (Å²) in [5.41, 5.74) is 2.35. The van der Waals surface area contributed by atoms with Crippen molar-refractivity contribution in [2.24, 2.45) is 5.92 Å². The topological polar surface area (TPSA) is 82.6 Å². The first kappa shape index (κ1) is 11.4. The van der Waals surface area contributed by atoms with Crippen LogP contribution in [-0.4, -0.2) is 21.8 Å². The minimum Gasteiger partial charge on any atom is -0.508 e. The first-order valence-corrected chi connectivity index (χ1v) is 6.54. The lowest BCUT2D eigenvalue weighted by atomic mass is 9.84. The van der Waals surface area contributed by atoms with E-state index in [0.717, 1.165) is 23.2 Å². The van der Waals surface area contributed by atoms with Gasteiger partial charge in [-0.1, -0.05) is 6.07 Å². The molecule has 0 amide bonds. The van der Waals surface area contributed by atoms with E-state index in [9.17, 15) is 15.0 Å². The van der Waals surface area contributed by atoms with E-state index in [1.54, 1.807) is 18.2 Å². The van der Waals surface area contributed by atoms with Gasteiger partial charge in [0.2, 0.25) is 0 Å². The van der Waals surface area contributed by atoms with Crippen molar-refractivity contribution in [2.75, 3.05) is 6.61 Å². The van der Waals surface area contributed by atoms with E-state index in [0.29, 0.717) is 12.4 Å². The Hall–Kier alpha value is -2.43.